The van der Waals surface area contributed by atoms with Crippen molar-refractivity contribution >= 4 is 17.3 Å². The van der Waals surface area contributed by atoms with Gasteiger partial charge in [-0.2, -0.15) is 0 Å². The lowest BCUT2D eigenvalue weighted by Gasteiger charge is -2.08. The third-order valence-corrected chi connectivity index (χ3v) is 2.17. The molecular formula is C11H15N3O3. The molecule has 1 aromatic carbocycles. The zero-order chi connectivity index (χ0) is 13.0. The zero-order valence-electron chi connectivity index (χ0n) is 9.77. The summed E-state index contributed by atoms with van der Waals surface area (Å²) in [7, 11) is 0. The lowest BCUT2D eigenvalue weighted by Crippen LogP contribution is -2.28. The number of nitrogens with two attached hydrogens (primary N) is 1. The first kappa shape index (κ1) is 13.0. The van der Waals surface area contributed by atoms with Gasteiger partial charge in [0.1, 0.15) is 11.3 Å². The molecule has 0 radical (unpaired) electrons. The Morgan fingerprint density at radius 1 is 1.53 bits per heavy atom. The number of rotatable bonds is 4. The monoisotopic (exact) mass is 237 g/mol. The molecule has 0 aliphatic rings. The third kappa shape index (κ3) is 3.17. The van der Waals surface area contributed by atoms with Gasteiger partial charge >= 0.3 is 5.69 Å². The minimum Gasteiger partial charge on any atom is -0.393 e. The van der Waals surface area contributed by atoms with Crippen LogP contribution in [0.4, 0.5) is 11.4 Å². The molecule has 0 heterocycles. The van der Waals surface area contributed by atoms with Gasteiger partial charge in [0.2, 0.25) is 0 Å². The van der Waals surface area contributed by atoms with Crippen LogP contribution in [0.3, 0.4) is 0 Å². The quantitative estimate of drug-likeness (QED) is 0.471. The summed E-state index contributed by atoms with van der Waals surface area (Å²) in [5.41, 5.74) is 5.14. The molecular weight excluding hydrogens is 222 g/mol. The number of carbonyl (C=O) groups excluding carboxylic acids is 1. The highest BCUT2D eigenvalue weighted by Gasteiger charge is 2.22. The number of anilines is 1. The molecule has 0 atom stereocenters. The Bertz CT molecular complexity index is 444. The number of amides is 1. The van der Waals surface area contributed by atoms with Crippen molar-refractivity contribution in [3.8, 4) is 0 Å². The molecule has 6 nitrogen and oxygen atoms in total. The van der Waals surface area contributed by atoms with Crippen LogP contribution >= 0.6 is 0 Å². The maximum Gasteiger partial charge on any atom is 0.304 e. The molecule has 0 aliphatic heterocycles. The Kier molecular flexibility index (Phi) is 4.03. The average molecular weight is 237 g/mol. The molecule has 0 fully saturated rings. The van der Waals surface area contributed by atoms with E-state index in [1.54, 1.807) is 0 Å². The van der Waals surface area contributed by atoms with Gasteiger partial charge in [0, 0.05) is 6.54 Å². The summed E-state index contributed by atoms with van der Waals surface area (Å²) in [6.45, 7) is 4.34. The number of hydrogen-bond acceptors (Lipinski definition) is 4. The van der Waals surface area contributed by atoms with Crippen LogP contribution in [-0.4, -0.2) is 17.4 Å². The molecule has 0 bridgehead atoms. The maximum atomic E-state index is 11.8. The Morgan fingerprint density at radius 2 is 2.18 bits per heavy atom. The van der Waals surface area contributed by atoms with Crippen molar-refractivity contribution in [3.05, 3.63) is 33.9 Å². The second-order valence-corrected chi connectivity index (χ2v) is 4.10. The molecule has 0 spiro atoms. The zero-order valence-corrected chi connectivity index (χ0v) is 9.77. The van der Waals surface area contributed by atoms with Crippen molar-refractivity contribution in [1.82, 2.24) is 5.32 Å². The summed E-state index contributed by atoms with van der Waals surface area (Å²) in [5.74, 6) is -0.197. The van der Waals surface area contributed by atoms with Gasteiger partial charge in [-0.3, -0.25) is 14.9 Å². The van der Waals surface area contributed by atoms with Crippen LogP contribution in [-0.2, 0) is 0 Å². The van der Waals surface area contributed by atoms with E-state index in [0.717, 1.165) is 0 Å². The Labute approximate surface area is 99.0 Å². The molecule has 0 aliphatic carbocycles. The van der Waals surface area contributed by atoms with Gasteiger partial charge in [-0.1, -0.05) is 19.9 Å². The maximum absolute atomic E-state index is 11.8. The molecule has 0 saturated heterocycles. The van der Waals surface area contributed by atoms with Crippen LogP contribution in [0, 0.1) is 16.0 Å². The van der Waals surface area contributed by atoms with Crippen LogP contribution in [0.25, 0.3) is 0 Å². The van der Waals surface area contributed by atoms with E-state index in [1.165, 1.54) is 18.2 Å². The molecule has 17 heavy (non-hydrogen) atoms. The normalized spacial score (nSPS) is 10.3. The van der Waals surface area contributed by atoms with E-state index < -0.39 is 10.8 Å². The topological polar surface area (TPSA) is 98.3 Å². The summed E-state index contributed by atoms with van der Waals surface area (Å²) >= 11 is 0. The number of nitro groups is 1. The van der Waals surface area contributed by atoms with E-state index in [-0.39, 0.29) is 22.9 Å². The number of carbonyl (C=O) groups is 1. The van der Waals surface area contributed by atoms with Crippen molar-refractivity contribution in [1.29, 1.82) is 0 Å². The number of hydrogen-bond donors (Lipinski definition) is 2. The summed E-state index contributed by atoms with van der Waals surface area (Å²) < 4.78 is 0. The fraction of sp³-hybridized carbons (Fsp3) is 0.364. The fourth-order valence-electron chi connectivity index (χ4n) is 1.34. The lowest BCUT2D eigenvalue weighted by atomic mass is 10.1. The van der Waals surface area contributed by atoms with Crippen LogP contribution in [0.1, 0.15) is 24.2 Å². The van der Waals surface area contributed by atoms with Crippen molar-refractivity contribution in [3.63, 3.8) is 0 Å². The average Bonchev–Trinajstić information content (AvgIpc) is 2.24. The molecule has 6 heteroatoms. The SMILES string of the molecule is CC(C)CNC(=O)c1cccc(N)c1[N+](=O)[O-]. The number of benzene rings is 1. The fourth-order valence-corrected chi connectivity index (χ4v) is 1.34. The molecule has 3 N–H and O–H groups in total. The van der Waals surface area contributed by atoms with Crippen LogP contribution in [0.2, 0.25) is 0 Å². The van der Waals surface area contributed by atoms with Gasteiger partial charge in [0.15, 0.2) is 0 Å². The highest BCUT2D eigenvalue weighted by Crippen LogP contribution is 2.25. The van der Waals surface area contributed by atoms with Crippen LogP contribution in [0.15, 0.2) is 18.2 Å². The van der Waals surface area contributed by atoms with Gasteiger partial charge in [0.25, 0.3) is 5.91 Å². The number of nitrogen functional groups attached to an aromatic ring is 1. The second-order valence-electron chi connectivity index (χ2n) is 4.10. The molecule has 1 aromatic rings. The van der Waals surface area contributed by atoms with E-state index in [2.05, 4.69) is 5.32 Å². The smallest absolute Gasteiger partial charge is 0.304 e. The predicted molar refractivity (Wildman–Crippen MR) is 64.7 cm³/mol. The van der Waals surface area contributed by atoms with E-state index in [4.69, 9.17) is 5.73 Å². The molecule has 0 saturated carbocycles. The predicted octanol–water partition coefficient (Wildman–Crippen LogP) is 1.56. The Morgan fingerprint density at radius 3 is 2.71 bits per heavy atom. The van der Waals surface area contributed by atoms with Gasteiger partial charge in [-0.15, -0.1) is 0 Å². The minimum atomic E-state index is -0.639. The van der Waals surface area contributed by atoms with Gasteiger partial charge in [-0.05, 0) is 18.1 Å². The summed E-state index contributed by atoms with van der Waals surface area (Å²) in [6.07, 6.45) is 0. The first-order chi connectivity index (χ1) is 7.93. The summed E-state index contributed by atoms with van der Waals surface area (Å²) in [6, 6.07) is 4.31. The van der Waals surface area contributed by atoms with Crippen LogP contribution < -0.4 is 11.1 Å². The molecule has 1 amide bonds. The number of nitrogens with one attached hydrogen (secondary N) is 1. The Hall–Kier alpha value is -2.11. The largest absolute Gasteiger partial charge is 0.393 e. The first-order valence-corrected chi connectivity index (χ1v) is 5.24. The van der Waals surface area contributed by atoms with E-state index in [0.29, 0.717) is 6.54 Å². The molecule has 92 valence electrons. The molecule has 0 aromatic heterocycles. The van der Waals surface area contributed by atoms with E-state index in [9.17, 15) is 14.9 Å². The summed E-state index contributed by atoms with van der Waals surface area (Å²) in [5, 5.41) is 13.5. The number of nitro benzene ring substituents is 1. The third-order valence-electron chi connectivity index (χ3n) is 2.17. The first-order valence-electron chi connectivity index (χ1n) is 5.24. The van der Waals surface area contributed by atoms with Gasteiger partial charge in [-0.25, -0.2) is 0 Å². The second kappa shape index (κ2) is 5.29. The number of para-hydroxylation sites is 1. The Balaban J connectivity index is 3.01. The van der Waals surface area contributed by atoms with Gasteiger partial charge in [0.05, 0.1) is 4.92 Å². The van der Waals surface area contributed by atoms with Crippen molar-refractivity contribution in [2.24, 2.45) is 5.92 Å². The van der Waals surface area contributed by atoms with Crippen molar-refractivity contribution in [2.45, 2.75) is 13.8 Å². The summed E-state index contributed by atoms with van der Waals surface area (Å²) in [4.78, 5) is 21.9. The highest BCUT2D eigenvalue weighted by molar-refractivity contribution is 6.00. The standard InChI is InChI=1S/C11H15N3O3/c1-7(2)6-13-11(15)8-4-3-5-9(12)10(8)14(16)17/h3-5,7H,6,12H2,1-2H3,(H,13,15). The highest BCUT2D eigenvalue weighted by atomic mass is 16.6. The van der Waals surface area contributed by atoms with Gasteiger partial charge < -0.3 is 11.1 Å². The lowest BCUT2D eigenvalue weighted by molar-refractivity contribution is -0.384. The van der Waals surface area contributed by atoms with Crippen molar-refractivity contribution < 1.29 is 9.72 Å². The van der Waals surface area contributed by atoms with E-state index >= 15 is 0 Å². The number of nitrogens with zero attached hydrogens (tertiary/aromatic N) is 1. The molecule has 0 unspecified atom stereocenters. The van der Waals surface area contributed by atoms with Crippen molar-refractivity contribution in [2.75, 3.05) is 12.3 Å². The van der Waals surface area contributed by atoms with Crippen LogP contribution in [0.5, 0.6) is 0 Å². The van der Waals surface area contributed by atoms with E-state index in [1.807, 2.05) is 13.8 Å². The molecule has 1 rings (SSSR count). The minimum absolute atomic E-state index is 0.00403.